The highest BCUT2D eigenvalue weighted by Gasteiger charge is 2.21. The topological polar surface area (TPSA) is 18.5 Å². The van der Waals surface area contributed by atoms with E-state index >= 15 is 0 Å². The average molecular weight is 364 g/mol. The molecule has 1 fully saturated rings. The second-order valence-electron chi connectivity index (χ2n) is 4.11. The molecule has 17 heavy (non-hydrogen) atoms. The van der Waals surface area contributed by atoms with Crippen LogP contribution in [0.25, 0.3) is 0 Å². The molecule has 1 heterocycles. The molecule has 2 nitrogen and oxygen atoms in total. The van der Waals surface area contributed by atoms with Crippen LogP contribution in [-0.4, -0.2) is 24.6 Å². The van der Waals surface area contributed by atoms with E-state index in [9.17, 15) is 0 Å². The van der Waals surface area contributed by atoms with E-state index in [1.54, 1.807) is 0 Å². The van der Waals surface area contributed by atoms with Crippen molar-refractivity contribution in [2.75, 3.05) is 18.5 Å². The lowest BCUT2D eigenvalue weighted by atomic mass is 10.1. The van der Waals surface area contributed by atoms with Crippen LogP contribution in [0.15, 0.2) is 28.7 Å². The first-order valence-corrected chi connectivity index (χ1v) is 7.76. The minimum atomic E-state index is 0.105. The second-order valence-corrected chi connectivity index (χ2v) is 5.61. The van der Waals surface area contributed by atoms with Gasteiger partial charge in [-0.05, 0) is 24.5 Å². The van der Waals surface area contributed by atoms with Gasteiger partial charge in [0.25, 0.3) is 0 Å². The Bertz CT molecular complexity index is 351. The Morgan fingerprint density at radius 1 is 1.29 bits per heavy atom. The highest BCUT2D eigenvalue weighted by Crippen LogP contribution is 2.30. The Balaban J connectivity index is 2.03. The van der Waals surface area contributed by atoms with Crippen LogP contribution < -0.4 is 0 Å². The molecule has 1 aliphatic rings. The Labute approximate surface area is 119 Å². The number of alkyl halides is 1. The van der Waals surface area contributed by atoms with E-state index in [2.05, 4.69) is 44.0 Å². The van der Waals surface area contributed by atoms with Crippen molar-refractivity contribution in [3.63, 3.8) is 0 Å². The van der Waals surface area contributed by atoms with E-state index < -0.39 is 0 Å². The average Bonchev–Trinajstić information content (AvgIpc) is 2.38. The molecular weight excluding hydrogens is 348 g/mol. The van der Waals surface area contributed by atoms with E-state index in [0.29, 0.717) is 6.10 Å². The molecule has 0 spiro atoms. The predicted octanol–water partition coefficient (Wildman–Crippen LogP) is 4.08. The number of hydrogen-bond donors (Lipinski definition) is 0. The van der Waals surface area contributed by atoms with Gasteiger partial charge in [0, 0.05) is 23.0 Å². The van der Waals surface area contributed by atoms with Gasteiger partial charge >= 0.3 is 0 Å². The first-order chi connectivity index (χ1) is 8.31. The van der Waals surface area contributed by atoms with Gasteiger partial charge in [-0.2, -0.15) is 0 Å². The standard InChI is InChI=1S/C13H16Br2O2/c14-9-13(11-3-1-2-4-12(11)15)17-10-5-7-16-8-6-10/h1-4,10,13H,5-9H2. The van der Waals surface area contributed by atoms with Crippen LogP contribution in [0.3, 0.4) is 0 Å². The van der Waals surface area contributed by atoms with Gasteiger partial charge in [0.15, 0.2) is 0 Å². The quantitative estimate of drug-likeness (QED) is 0.750. The van der Waals surface area contributed by atoms with Crippen LogP contribution in [0, 0.1) is 0 Å². The number of ether oxygens (including phenoxy) is 2. The summed E-state index contributed by atoms with van der Waals surface area (Å²) in [7, 11) is 0. The van der Waals surface area contributed by atoms with E-state index in [0.717, 1.165) is 35.9 Å². The van der Waals surface area contributed by atoms with Gasteiger partial charge in [-0.1, -0.05) is 50.1 Å². The molecule has 1 aliphatic heterocycles. The van der Waals surface area contributed by atoms with Gasteiger partial charge in [0.1, 0.15) is 0 Å². The first kappa shape index (κ1) is 13.5. The molecule has 1 aromatic rings. The normalized spacial score (nSPS) is 19.2. The van der Waals surface area contributed by atoms with Crippen molar-refractivity contribution in [3.8, 4) is 0 Å². The third-order valence-electron chi connectivity index (χ3n) is 2.92. The van der Waals surface area contributed by atoms with Crippen molar-refractivity contribution < 1.29 is 9.47 Å². The fraction of sp³-hybridized carbons (Fsp3) is 0.538. The number of rotatable bonds is 4. The molecular formula is C13H16Br2O2. The molecule has 0 N–H and O–H groups in total. The van der Waals surface area contributed by atoms with Crippen LogP contribution in [-0.2, 0) is 9.47 Å². The summed E-state index contributed by atoms with van der Waals surface area (Å²) in [6.45, 7) is 1.63. The Morgan fingerprint density at radius 3 is 2.65 bits per heavy atom. The van der Waals surface area contributed by atoms with E-state index in [1.165, 1.54) is 5.56 Å². The van der Waals surface area contributed by atoms with Gasteiger partial charge < -0.3 is 9.47 Å². The van der Waals surface area contributed by atoms with Crippen molar-refractivity contribution in [2.45, 2.75) is 25.0 Å². The zero-order valence-corrected chi connectivity index (χ0v) is 12.7. The summed E-state index contributed by atoms with van der Waals surface area (Å²) in [6, 6.07) is 8.23. The van der Waals surface area contributed by atoms with Crippen LogP contribution in [0.1, 0.15) is 24.5 Å². The van der Waals surface area contributed by atoms with E-state index in [-0.39, 0.29) is 6.10 Å². The molecule has 0 bridgehead atoms. The molecule has 1 aromatic carbocycles. The van der Waals surface area contributed by atoms with Crippen LogP contribution >= 0.6 is 31.9 Å². The lowest BCUT2D eigenvalue weighted by Gasteiger charge is -2.27. The Kier molecular flexibility index (Phi) is 5.48. The second kappa shape index (κ2) is 6.88. The fourth-order valence-corrected chi connectivity index (χ4v) is 3.01. The predicted molar refractivity (Wildman–Crippen MR) is 75.6 cm³/mol. The summed E-state index contributed by atoms with van der Waals surface area (Å²) in [5.41, 5.74) is 1.20. The lowest BCUT2D eigenvalue weighted by Crippen LogP contribution is -2.25. The van der Waals surface area contributed by atoms with Crippen LogP contribution in [0.5, 0.6) is 0 Å². The molecule has 94 valence electrons. The molecule has 2 rings (SSSR count). The monoisotopic (exact) mass is 362 g/mol. The van der Waals surface area contributed by atoms with Gasteiger partial charge in [-0.3, -0.25) is 0 Å². The highest BCUT2D eigenvalue weighted by molar-refractivity contribution is 9.10. The number of halogens is 2. The number of hydrogen-bond acceptors (Lipinski definition) is 2. The molecule has 0 aliphatic carbocycles. The SMILES string of the molecule is BrCC(OC1CCOCC1)c1ccccc1Br. The molecule has 0 aromatic heterocycles. The maximum absolute atomic E-state index is 6.15. The van der Waals surface area contributed by atoms with Crippen LogP contribution in [0.2, 0.25) is 0 Å². The third-order valence-corrected chi connectivity index (χ3v) is 4.23. The molecule has 1 atom stereocenters. The number of benzene rings is 1. The molecule has 1 saturated heterocycles. The van der Waals surface area contributed by atoms with Crippen molar-refractivity contribution in [3.05, 3.63) is 34.3 Å². The summed E-state index contributed by atoms with van der Waals surface area (Å²) in [5, 5.41) is 0.812. The smallest absolute Gasteiger partial charge is 0.0936 e. The largest absolute Gasteiger partial charge is 0.381 e. The zero-order valence-electron chi connectivity index (χ0n) is 9.57. The maximum atomic E-state index is 6.15. The molecule has 0 radical (unpaired) electrons. The summed E-state index contributed by atoms with van der Waals surface area (Å²) in [6.07, 6.45) is 2.41. The van der Waals surface area contributed by atoms with Crippen LogP contribution in [0.4, 0.5) is 0 Å². The van der Waals surface area contributed by atoms with Crippen molar-refractivity contribution in [1.29, 1.82) is 0 Å². The fourth-order valence-electron chi connectivity index (χ4n) is 1.97. The highest BCUT2D eigenvalue weighted by atomic mass is 79.9. The van der Waals surface area contributed by atoms with Crippen molar-refractivity contribution >= 4 is 31.9 Å². The molecule has 0 amide bonds. The summed E-state index contributed by atoms with van der Waals surface area (Å²) >= 11 is 7.11. The van der Waals surface area contributed by atoms with Gasteiger partial charge in [0.05, 0.1) is 12.2 Å². The molecule has 0 saturated carbocycles. The van der Waals surface area contributed by atoms with Gasteiger partial charge in [-0.15, -0.1) is 0 Å². The van der Waals surface area contributed by atoms with E-state index in [4.69, 9.17) is 9.47 Å². The third kappa shape index (κ3) is 3.78. The minimum absolute atomic E-state index is 0.105. The molecule has 1 unspecified atom stereocenters. The molecule has 4 heteroatoms. The minimum Gasteiger partial charge on any atom is -0.381 e. The Morgan fingerprint density at radius 2 is 2.00 bits per heavy atom. The van der Waals surface area contributed by atoms with Crippen molar-refractivity contribution in [1.82, 2.24) is 0 Å². The van der Waals surface area contributed by atoms with Gasteiger partial charge in [-0.25, -0.2) is 0 Å². The summed E-state index contributed by atoms with van der Waals surface area (Å²) < 4.78 is 12.6. The summed E-state index contributed by atoms with van der Waals surface area (Å²) in [4.78, 5) is 0. The lowest BCUT2D eigenvalue weighted by molar-refractivity contribution is -0.0618. The first-order valence-electron chi connectivity index (χ1n) is 5.85. The van der Waals surface area contributed by atoms with Crippen molar-refractivity contribution in [2.24, 2.45) is 0 Å². The summed E-state index contributed by atoms with van der Waals surface area (Å²) in [5.74, 6) is 0. The van der Waals surface area contributed by atoms with E-state index in [1.807, 2.05) is 12.1 Å². The van der Waals surface area contributed by atoms with Gasteiger partial charge in [0.2, 0.25) is 0 Å². The maximum Gasteiger partial charge on any atom is 0.0936 e. The zero-order chi connectivity index (χ0) is 12.1. The Hall–Kier alpha value is 0.100.